The van der Waals surface area contributed by atoms with Crippen LogP contribution in [-0.4, -0.2) is 45.1 Å². The molecule has 5 heteroatoms. The van der Waals surface area contributed by atoms with Crippen molar-refractivity contribution in [3.8, 4) is 0 Å². The molecule has 1 saturated heterocycles. The second kappa shape index (κ2) is 8.31. The summed E-state index contributed by atoms with van der Waals surface area (Å²) >= 11 is 0. The molecule has 1 aliphatic heterocycles. The molecule has 1 fully saturated rings. The molecule has 0 radical (unpaired) electrons. The van der Waals surface area contributed by atoms with Crippen molar-refractivity contribution in [2.45, 2.75) is 59.2 Å². The van der Waals surface area contributed by atoms with Gasteiger partial charge < -0.3 is 4.52 Å². The summed E-state index contributed by atoms with van der Waals surface area (Å²) < 4.78 is 5.47. The highest BCUT2D eigenvalue weighted by Crippen LogP contribution is 2.24. The van der Waals surface area contributed by atoms with Crippen LogP contribution in [0.15, 0.2) is 34.9 Å². The van der Waals surface area contributed by atoms with Gasteiger partial charge in [0.05, 0.1) is 6.54 Å². The van der Waals surface area contributed by atoms with Gasteiger partial charge in [-0.15, -0.1) is 0 Å². The first kappa shape index (κ1) is 19.1. The van der Waals surface area contributed by atoms with Gasteiger partial charge in [-0.25, -0.2) is 0 Å². The van der Waals surface area contributed by atoms with Crippen LogP contribution in [0.5, 0.6) is 0 Å². The number of piperazine rings is 1. The maximum absolute atomic E-state index is 5.47. The molecule has 2 heterocycles. The molecular weight excluding hydrogens is 324 g/mol. The molecule has 1 aliphatic rings. The maximum atomic E-state index is 5.47. The lowest BCUT2D eigenvalue weighted by atomic mass is 9.97. The van der Waals surface area contributed by atoms with Gasteiger partial charge in [-0.3, -0.25) is 9.80 Å². The SMILES string of the molecule is CC(C)CCc1noc(CN2CCN(Cc3ccccc3)C(C)(C)C2)n1. The standard InChI is InChI=1S/C21H32N4O/c1-17(2)10-11-19-22-20(26-23-19)15-24-12-13-25(21(3,4)16-24)14-18-8-6-5-7-9-18/h5-9,17H,10-16H2,1-4H3. The Labute approximate surface area is 157 Å². The average Bonchev–Trinajstić information content (AvgIpc) is 3.03. The van der Waals surface area contributed by atoms with E-state index in [1.165, 1.54) is 5.56 Å². The van der Waals surface area contributed by atoms with Crippen LogP contribution in [0, 0.1) is 5.92 Å². The fraction of sp³-hybridized carbons (Fsp3) is 0.619. The van der Waals surface area contributed by atoms with E-state index >= 15 is 0 Å². The molecule has 142 valence electrons. The van der Waals surface area contributed by atoms with Gasteiger partial charge in [-0.2, -0.15) is 4.98 Å². The predicted molar refractivity (Wildman–Crippen MR) is 104 cm³/mol. The van der Waals surface area contributed by atoms with E-state index in [4.69, 9.17) is 4.52 Å². The Hall–Kier alpha value is -1.72. The van der Waals surface area contributed by atoms with E-state index in [0.717, 1.165) is 57.3 Å². The fourth-order valence-electron chi connectivity index (χ4n) is 3.59. The van der Waals surface area contributed by atoms with Crippen molar-refractivity contribution in [2.75, 3.05) is 19.6 Å². The van der Waals surface area contributed by atoms with Crippen LogP contribution in [0.4, 0.5) is 0 Å². The summed E-state index contributed by atoms with van der Waals surface area (Å²) in [6.45, 7) is 13.9. The molecule has 0 unspecified atom stereocenters. The van der Waals surface area contributed by atoms with Crippen molar-refractivity contribution < 1.29 is 4.52 Å². The lowest BCUT2D eigenvalue weighted by molar-refractivity contribution is 0.00649. The molecule has 0 spiro atoms. The first-order chi connectivity index (χ1) is 12.4. The number of benzene rings is 1. The van der Waals surface area contributed by atoms with Gasteiger partial charge in [0, 0.05) is 38.1 Å². The van der Waals surface area contributed by atoms with Crippen LogP contribution < -0.4 is 0 Å². The first-order valence-corrected chi connectivity index (χ1v) is 9.75. The second-order valence-corrected chi connectivity index (χ2v) is 8.47. The number of nitrogens with zero attached hydrogens (tertiary/aromatic N) is 4. The van der Waals surface area contributed by atoms with Crippen LogP contribution in [0.1, 0.15) is 51.4 Å². The smallest absolute Gasteiger partial charge is 0.240 e. The zero-order valence-electron chi connectivity index (χ0n) is 16.6. The zero-order valence-corrected chi connectivity index (χ0v) is 16.6. The minimum atomic E-state index is 0.120. The largest absolute Gasteiger partial charge is 0.338 e. The lowest BCUT2D eigenvalue weighted by Crippen LogP contribution is -2.58. The van der Waals surface area contributed by atoms with E-state index in [1.54, 1.807) is 0 Å². The van der Waals surface area contributed by atoms with E-state index < -0.39 is 0 Å². The molecule has 0 aliphatic carbocycles. The fourth-order valence-corrected chi connectivity index (χ4v) is 3.59. The van der Waals surface area contributed by atoms with E-state index in [-0.39, 0.29) is 5.54 Å². The minimum Gasteiger partial charge on any atom is -0.338 e. The van der Waals surface area contributed by atoms with Gasteiger partial charge in [0.15, 0.2) is 5.82 Å². The lowest BCUT2D eigenvalue weighted by Gasteiger charge is -2.47. The summed E-state index contributed by atoms with van der Waals surface area (Å²) in [5.74, 6) is 2.25. The Morgan fingerprint density at radius 1 is 1.12 bits per heavy atom. The van der Waals surface area contributed by atoms with Crippen molar-refractivity contribution in [3.63, 3.8) is 0 Å². The number of aryl methyl sites for hydroxylation is 1. The third kappa shape index (κ3) is 5.15. The molecule has 0 atom stereocenters. The summed E-state index contributed by atoms with van der Waals surface area (Å²) in [4.78, 5) is 9.58. The second-order valence-electron chi connectivity index (χ2n) is 8.47. The summed E-state index contributed by atoms with van der Waals surface area (Å²) in [7, 11) is 0. The van der Waals surface area contributed by atoms with E-state index in [9.17, 15) is 0 Å². The molecule has 0 saturated carbocycles. The van der Waals surface area contributed by atoms with E-state index in [2.05, 4.69) is 78.0 Å². The van der Waals surface area contributed by atoms with Crippen LogP contribution >= 0.6 is 0 Å². The molecular formula is C21H32N4O. The van der Waals surface area contributed by atoms with Gasteiger partial charge >= 0.3 is 0 Å². The summed E-state index contributed by atoms with van der Waals surface area (Å²) in [5.41, 5.74) is 1.50. The Morgan fingerprint density at radius 3 is 2.58 bits per heavy atom. The zero-order chi connectivity index (χ0) is 18.6. The molecule has 26 heavy (non-hydrogen) atoms. The third-order valence-corrected chi connectivity index (χ3v) is 5.18. The molecule has 0 amide bonds. The Bertz CT molecular complexity index is 680. The topological polar surface area (TPSA) is 45.4 Å². The van der Waals surface area contributed by atoms with Crippen LogP contribution in [0.25, 0.3) is 0 Å². The minimum absolute atomic E-state index is 0.120. The highest BCUT2D eigenvalue weighted by atomic mass is 16.5. The normalized spacial score (nSPS) is 18.5. The molecule has 5 nitrogen and oxygen atoms in total. The molecule has 0 N–H and O–H groups in total. The number of hydrogen-bond donors (Lipinski definition) is 0. The predicted octanol–water partition coefficient (Wildman–Crippen LogP) is 3.75. The van der Waals surface area contributed by atoms with Crippen molar-refractivity contribution in [3.05, 3.63) is 47.6 Å². The summed E-state index contributed by atoms with van der Waals surface area (Å²) in [5, 5.41) is 4.14. The van der Waals surface area contributed by atoms with E-state index in [1.807, 2.05) is 0 Å². The van der Waals surface area contributed by atoms with E-state index in [0.29, 0.717) is 5.92 Å². The van der Waals surface area contributed by atoms with Crippen LogP contribution in [0.3, 0.4) is 0 Å². The van der Waals surface area contributed by atoms with Crippen molar-refractivity contribution in [2.24, 2.45) is 5.92 Å². The summed E-state index contributed by atoms with van der Waals surface area (Å²) in [6.07, 6.45) is 2.00. The average molecular weight is 357 g/mol. The van der Waals surface area contributed by atoms with Crippen LogP contribution in [0.2, 0.25) is 0 Å². The Balaban J connectivity index is 1.54. The molecule has 1 aromatic heterocycles. The third-order valence-electron chi connectivity index (χ3n) is 5.18. The number of aromatic nitrogens is 2. The van der Waals surface area contributed by atoms with Gasteiger partial charge in [0.25, 0.3) is 0 Å². The van der Waals surface area contributed by atoms with Gasteiger partial charge in [-0.05, 0) is 31.7 Å². The van der Waals surface area contributed by atoms with Crippen LogP contribution in [-0.2, 0) is 19.5 Å². The highest BCUT2D eigenvalue weighted by molar-refractivity contribution is 5.15. The van der Waals surface area contributed by atoms with Crippen molar-refractivity contribution in [1.29, 1.82) is 0 Å². The van der Waals surface area contributed by atoms with Gasteiger partial charge in [0.1, 0.15) is 0 Å². The molecule has 1 aromatic carbocycles. The highest BCUT2D eigenvalue weighted by Gasteiger charge is 2.34. The monoisotopic (exact) mass is 356 g/mol. The maximum Gasteiger partial charge on any atom is 0.240 e. The number of hydrogen-bond acceptors (Lipinski definition) is 5. The Morgan fingerprint density at radius 2 is 1.88 bits per heavy atom. The number of rotatable bonds is 7. The quantitative estimate of drug-likeness (QED) is 0.756. The summed E-state index contributed by atoms with van der Waals surface area (Å²) in [6, 6.07) is 10.7. The van der Waals surface area contributed by atoms with Crippen molar-refractivity contribution in [1.82, 2.24) is 19.9 Å². The van der Waals surface area contributed by atoms with Gasteiger partial charge in [-0.1, -0.05) is 49.3 Å². The first-order valence-electron chi connectivity index (χ1n) is 9.75. The van der Waals surface area contributed by atoms with Gasteiger partial charge in [0.2, 0.25) is 5.89 Å². The Kier molecular flexibility index (Phi) is 6.09. The molecule has 3 rings (SSSR count). The molecule has 2 aromatic rings. The molecule has 0 bridgehead atoms. The van der Waals surface area contributed by atoms with Crippen molar-refractivity contribution >= 4 is 0 Å².